The molecule has 26 heavy (non-hydrogen) atoms. The predicted octanol–water partition coefficient (Wildman–Crippen LogP) is 7.25. The van der Waals surface area contributed by atoms with Crippen molar-refractivity contribution < 1.29 is 4.79 Å². The van der Waals surface area contributed by atoms with E-state index in [2.05, 4.69) is 26.8 Å². The molecule has 1 unspecified atom stereocenters. The van der Waals surface area contributed by atoms with E-state index in [0.29, 0.717) is 6.42 Å². The van der Waals surface area contributed by atoms with Crippen LogP contribution in [0.1, 0.15) is 76.1 Å². The number of Topliss-reactive ketones (excluding diaryl/α,β-unsaturated/α-hetero) is 1. The second-order valence-corrected chi connectivity index (χ2v) is 21.8. The number of nitrogens with zero attached hydrogens (tertiary/aromatic N) is 1. The molecule has 3 heteroatoms. The molecule has 0 saturated heterocycles. The monoisotopic (exact) mass is 463 g/mol. The summed E-state index contributed by atoms with van der Waals surface area (Å²) in [6.45, 7) is 6.82. The van der Waals surface area contributed by atoms with E-state index in [1.807, 2.05) is 30.3 Å². The Hall–Kier alpha value is -0.821. The summed E-state index contributed by atoms with van der Waals surface area (Å²) in [7, 11) is 0. The first-order valence-electron chi connectivity index (χ1n) is 10.6. The number of hydrogen-bond donors (Lipinski definition) is 0. The van der Waals surface area contributed by atoms with Crippen molar-refractivity contribution in [1.82, 2.24) is 0 Å². The molecule has 0 saturated carbocycles. The second-order valence-electron chi connectivity index (χ2n) is 7.83. The zero-order valence-corrected chi connectivity index (χ0v) is 20.0. The maximum atomic E-state index is 12.6. The van der Waals surface area contributed by atoms with Gasteiger partial charge in [0.15, 0.2) is 0 Å². The first kappa shape index (κ1) is 23.2. The van der Waals surface area contributed by atoms with Crippen molar-refractivity contribution in [2.75, 3.05) is 0 Å². The van der Waals surface area contributed by atoms with Crippen LogP contribution in [0.3, 0.4) is 0 Å². The summed E-state index contributed by atoms with van der Waals surface area (Å²) in [5, 5.41) is 9.79. The van der Waals surface area contributed by atoms with E-state index in [1.54, 1.807) is 0 Å². The van der Waals surface area contributed by atoms with Crippen LogP contribution in [0.2, 0.25) is 17.7 Å². The molecule has 0 amide bonds. The fourth-order valence-corrected chi connectivity index (χ4v) is 21.0. The standard InChI is InChI=1S/C11H10NO.3C4H9.Sn/c1-9(8-12)7-11(13)10-5-3-2-4-6-10;3*1-3-4-2;/h2-6,9H,1,7H2;3*1,3-4H2,2H3;. The third-order valence-electron chi connectivity index (χ3n) is 5.57. The Labute approximate surface area is 165 Å². The Morgan fingerprint density at radius 1 is 0.962 bits per heavy atom. The Morgan fingerprint density at radius 3 is 1.88 bits per heavy atom. The van der Waals surface area contributed by atoms with Gasteiger partial charge in [0.05, 0.1) is 0 Å². The van der Waals surface area contributed by atoms with Crippen molar-refractivity contribution in [3.63, 3.8) is 0 Å². The molecule has 0 aromatic heterocycles. The van der Waals surface area contributed by atoms with Crippen LogP contribution in [0, 0.1) is 17.2 Å². The number of unbranched alkanes of at least 4 members (excludes halogenated alkanes) is 3. The molecular formula is C23H37NOSn. The Kier molecular flexibility index (Phi) is 11.9. The summed E-state index contributed by atoms with van der Waals surface area (Å²) in [5.74, 6) is 0.0582. The molecule has 0 N–H and O–H groups in total. The van der Waals surface area contributed by atoms with Gasteiger partial charge in [0, 0.05) is 0 Å². The molecule has 2 nitrogen and oxygen atoms in total. The minimum atomic E-state index is -2.37. The number of hydrogen-bond acceptors (Lipinski definition) is 2. The van der Waals surface area contributed by atoms with Gasteiger partial charge in [-0.25, -0.2) is 0 Å². The summed E-state index contributed by atoms with van der Waals surface area (Å²) in [5.41, 5.74) is 0.754. The second kappa shape index (κ2) is 13.4. The van der Waals surface area contributed by atoms with Crippen LogP contribution in [0.15, 0.2) is 30.3 Å². The van der Waals surface area contributed by atoms with Gasteiger partial charge in [-0.2, -0.15) is 0 Å². The third-order valence-corrected chi connectivity index (χ3v) is 21.6. The quantitative estimate of drug-likeness (QED) is 0.216. The van der Waals surface area contributed by atoms with Crippen LogP contribution in [0.5, 0.6) is 0 Å². The van der Waals surface area contributed by atoms with Crippen LogP contribution in [0.4, 0.5) is 0 Å². The Bertz CT molecular complexity index is 527. The van der Waals surface area contributed by atoms with E-state index >= 15 is 0 Å². The molecule has 0 aliphatic rings. The zero-order chi connectivity index (χ0) is 19.3. The van der Waals surface area contributed by atoms with Gasteiger partial charge >= 0.3 is 166 Å². The van der Waals surface area contributed by atoms with Crippen LogP contribution in [0.25, 0.3) is 0 Å². The van der Waals surface area contributed by atoms with Gasteiger partial charge in [0.1, 0.15) is 0 Å². The molecule has 1 atom stereocenters. The van der Waals surface area contributed by atoms with Crippen LogP contribution < -0.4 is 0 Å². The summed E-state index contributed by atoms with van der Waals surface area (Å²) in [6.07, 6.45) is 8.09. The van der Waals surface area contributed by atoms with Gasteiger partial charge in [0.2, 0.25) is 0 Å². The van der Waals surface area contributed by atoms with E-state index < -0.39 is 18.4 Å². The van der Waals surface area contributed by atoms with E-state index in [-0.39, 0.29) is 11.7 Å². The number of nitriles is 1. The van der Waals surface area contributed by atoms with Gasteiger partial charge in [-0.15, -0.1) is 0 Å². The van der Waals surface area contributed by atoms with E-state index in [1.165, 1.54) is 51.8 Å². The van der Waals surface area contributed by atoms with E-state index in [9.17, 15) is 10.1 Å². The molecule has 0 radical (unpaired) electrons. The molecular weight excluding hydrogens is 425 g/mol. The molecule has 0 fully saturated rings. The molecule has 0 heterocycles. The van der Waals surface area contributed by atoms with E-state index in [4.69, 9.17) is 0 Å². The van der Waals surface area contributed by atoms with Crippen LogP contribution >= 0.6 is 0 Å². The Balaban J connectivity index is 2.88. The van der Waals surface area contributed by atoms with Crippen LogP contribution in [-0.4, -0.2) is 24.2 Å². The first-order valence-corrected chi connectivity index (χ1v) is 18.7. The molecule has 0 bridgehead atoms. The normalized spacial score (nSPS) is 12.5. The number of ketones is 1. The third kappa shape index (κ3) is 8.25. The zero-order valence-electron chi connectivity index (χ0n) is 17.1. The SMILES string of the molecule is CCC[CH2][Sn]([CH2]CCC)([CH2]CCC)[CH2]C(C#N)CC(=O)c1ccccc1. The average Bonchev–Trinajstić information content (AvgIpc) is 2.68. The first-order chi connectivity index (χ1) is 12.6. The summed E-state index contributed by atoms with van der Waals surface area (Å²) >= 11 is -2.37. The maximum absolute atomic E-state index is 12.6. The molecule has 1 aromatic rings. The number of rotatable bonds is 14. The Morgan fingerprint density at radius 2 is 1.46 bits per heavy atom. The number of benzene rings is 1. The molecule has 1 rings (SSSR count). The van der Waals surface area contributed by atoms with Gasteiger partial charge in [-0.05, 0) is 0 Å². The van der Waals surface area contributed by atoms with Crippen molar-refractivity contribution in [3.8, 4) is 6.07 Å². The summed E-state index contributed by atoms with van der Waals surface area (Å²) in [6, 6.07) is 12.0. The van der Waals surface area contributed by atoms with Crippen molar-refractivity contribution in [2.45, 2.75) is 83.5 Å². The summed E-state index contributed by atoms with van der Waals surface area (Å²) < 4.78 is 5.30. The predicted molar refractivity (Wildman–Crippen MR) is 114 cm³/mol. The van der Waals surface area contributed by atoms with Crippen molar-refractivity contribution in [2.24, 2.45) is 5.92 Å². The molecule has 0 aliphatic heterocycles. The van der Waals surface area contributed by atoms with Crippen molar-refractivity contribution in [3.05, 3.63) is 35.9 Å². The molecule has 0 aliphatic carbocycles. The molecule has 144 valence electrons. The van der Waals surface area contributed by atoms with Gasteiger partial charge in [-0.3, -0.25) is 0 Å². The topological polar surface area (TPSA) is 40.9 Å². The van der Waals surface area contributed by atoms with E-state index in [0.717, 1.165) is 10.0 Å². The van der Waals surface area contributed by atoms with Crippen molar-refractivity contribution in [1.29, 1.82) is 5.26 Å². The van der Waals surface area contributed by atoms with Gasteiger partial charge in [0.25, 0.3) is 0 Å². The average molecular weight is 462 g/mol. The molecule has 1 aromatic carbocycles. The van der Waals surface area contributed by atoms with Crippen molar-refractivity contribution >= 4 is 24.2 Å². The number of carbonyl (C=O) groups excluding carboxylic acids is 1. The fourth-order valence-electron chi connectivity index (χ4n) is 3.99. The number of carbonyl (C=O) groups is 1. The molecule has 0 spiro atoms. The minimum absolute atomic E-state index is 0.0796. The van der Waals surface area contributed by atoms with Gasteiger partial charge < -0.3 is 0 Å². The van der Waals surface area contributed by atoms with Crippen LogP contribution in [-0.2, 0) is 0 Å². The fraction of sp³-hybridized carbons (Fsp3) is 0.652. The van der Waals surface area contributed by atoms with Gasteiger partial charge in [-0.1, -0.05) is 0 Å². The summed E-state index contributed by atoms with van der Waals surface area (Å²) in [4.78, 5) is 12.6.